The van der Waals surface area contributed by atoms with Crippen molar-refractivity contribution < 1.29 is 9.15 Å². The van der Waals surface area contributed by atoms with E-state index in [0.29, 0.717) is 12.4 Å². The van der Waals surface area contributed by atoms with Gasteiger partial charge in [0.2, 0.25) is 0 Å². The number of rotatable bonds is 3. The number of furan rings is 1. The van der Waals surface area contributed by atoms with Gasteiger partial charge in [-0.15, -0.1) is 0 Å². The van der Waals surface area contributed by atoms with Crippen molar-refractivity contribution in [2.45, 2.75) is 12.4 Å². The molecule has 0 aliphatic carbocycles. The molecule has 0 saturated carbocycles. The second-order valence-electron chi connectivity index (χ2n) is 1.96. The second-order valence-corrected chi connectivity index (χ2v) is 2.28. The minimum Gasteiger partial charge on any atom is -0.463 e. The van der Waals surface area contributed by atoms with Gasteiger partial charge in [0.1, 0.15) is 18.1 Å². The summed E-state index contributed by atoms with van der Waals surface area (Å²) in [5.41, 5.74) is 0. The molecule has 0 fully saturated rings. The van der Waals surface area contributed by atoms with Gasteiger partial charge >= 0.3 is 0 Å². The monoisotopic (exact) mass is 158 g/mol. The van der Waals surface area contributed by atoms with Crippen molar-refractivity contribution in [3.05, 3.63) is 23.7 Å². The molecule has 1 heterocycles. The lowest BCUT2D eigenvalue weighted by molar-refractivity contribution is 0.163. The molecular formula is C7H10O2S. The van der Waals surface area contributed by atoms with E-state index < -0.39 is 0 Å². The molecule has 2 nitrogen and oxygen atoms in total. The van der Waals surface area contributed by atoms with Gasteiger partial charge in [-0.1, -0.05) is 0 Å². The summed E-state index contributed by atoms with van der Waals surface area (Å²) in [4.78, 5) is 0. The molecule has 1 rings (SSSR count). The van der Waals surface area contributed by atoms with Crippen LogP contribution >= 0.6 is 12.6 Å². The van der Waals surface area contributed by atoms with Gasteiger partial charge in [-0.25, -0.2) is 0 Å². The topological polar surface area (TPSA) is 22.4 Å². The maximum atomic E-state index is 5.27. The number of hydrogen-bond acceptors (Lipinski definition) is 3. The Kier molecular flexibility index (Phi) is 2.83. The minimum absolute atomic E-state index is 0.535. The van der Waals surface area contributed by atoms with Crippen LogP contribution in [-0.4, -0.2) is 7.11 Å². The van der Waals surface area contributed by atoms with Gasteiger partial charge in [-0.2, -0.15) is 12.6 Å². The highest BCUT2D eigenvalue weighted by Crippen LogP contribution is 2.10. The summed E-state index contributed by atoms with van der Waals surface area (Å²) in [6.45, 7) is 0.535. The van der Waals surface area contributed by atoms with Crippen LogP contribution in [0.25, 0.3) is 0 Å². The van der Waals surface area contributed by atoms with Crippen molar-refractivity contribution in [2.75, 3.05) is 7.11 Å². The molecule has 10 heavy (non-hydrogen) atoms. The molecule has 1 aromatic heterocycles. The van der Waals surface area contributed by atoms with E-state index in [-0.39, 0.29) is 0 Å². The van der Waals surface area contributed by atoms with Crippen LogP contribution in [0.3, 0.4) is 0 Å². The molecule has 3 heteroatoms. The molecule has 0 amide bonds. The van der Waals surface area contributed by atoms with E-state index in [2.05, 4.69) is 12.6 Å². The smallest absolute Gasteiger partial charge is 0.129 e. The Bertz CT molecular complexity index is 195. The van der Waals surface area contributed by atoms with Crippen molar-refractivity contribution in [3.8, 4) is 0 Å². The predicted molar refractivity (Wildman–Crippen MR) is 42.1 cm³/mol. The summed E-state index contributed by atoms with van der Waals surface area (Å²) in [6.07, 6.45) is 0. The molecule has 0 unspecified atom stereocenters. The lowest BCUT2D eigenvalue weighted by Gasteiger charge is -1.91. The fourth-order valence-electron chi connectivity index (χ4n) is 0.727. The molecule has 0 atom stereocenters. The number of ether oxygens (including phenoxy) is 1. The fraction of sp³-hybridized carbons (Fsp3) is 0.429. The highest BCUT2D eigenvalue weighted by atomic mass is 32.1. The third-order valence-corrected chi connectivity index (χ3v) is 1.47. The molecule has 0 radical (unpaired) electrons. The molecule has 0 spiro atoms. The normalized spacial score (nSPS) is 10.2. The summed E-state index contributed by atoms with van der Waals surface area (Å²) >= 11 is 4.06. The predicted octanol–water partition coefficient (Wildman–Crippen LogP) is 1.86. The molecule has 0 bridgehead atoms. The molecule has 0 saturated heterocycles. The van der Waals surface area contributed by atoms with Gasteiger partial charge in [0.25, 0.3) is 0 Å². The lowest BCUT2D eigenvalue weighted by Crippen LogP contribution is -1.81. The van der Waals surface area contributed by atoms with Crippen molar-refractivity contribution in [3.63, 3.8) is 0 Å². The van der Waals surface area contributed by atoms with Crippen LogP contribution in [-0.2, 0) is 17.1 Å². The molecule has 0 aliphatic heterocycles. The van der Waals surface area contributed by atoms with Crippen LogP contribution in [0.5, 0.6) is 0 Å². The Balaban J connectivity index is 2.59. The third kappa shape index (κ3) is 1.78. The zero-order valence-corrected chi connectivity index (χ0v) is 6.73. The van der Waals surface area contributed by atoms with Crippen LogP contribution in [0.2, 0.25) is 0 Å². The van der Waals surface area contributed by atoms with Crippen molar-refractivity contribution in [1.29, 1.82) is 0 Å². The fourth-order valence-corrected chi connectivity index (χ4v) is 0.897. The average molecular weight is 158 g/mol. The maximum absolute atomic E-state index is 5.27. The van der Waals surface area contributed by atoms with E-state index in [4.69, 9.17) is 9.15 Å². The second kappa shape index (κ2) is 3.68. The van der Waals surface area contributed by atoms with Crippen LogP contribution in [0.15, 0.2) is 16.5 Å². The summed E-state index contributed by atoms with van der Waals surface area (Å²) in [7, 11) is 1.64. The lowest BCUT2D eigenvalue weighted by atomic mass is 10.4. The van der Waals surface area contributed by atoms with Gasteiger partial charge < -0.3 is 9.15 Å². The molecule has 56 valence electrons. The van der Waals surface area contributed by atoms with E-state index in [9.17, 15) is 0 Å². The first-order chi connectivity index (χ1) is 4.86. The summed E-state index contributed by atoms with van der Waals surface area (Å²) < 4.78 is 10.1. The van der Waals surface area contributed by atoms with Crippen LogP contribution in [0, 0.1) is 0 Å². The summed E-state index contributed by atoms with van der Waals surface area (Å²) in [6, 6.07) is 3.80. The van der Waals surface area contributed by atoms with E-state index in [0.717, 1.165) is 11.5 Å². The highest BCUT2D eigenvalue weighted by molar-refractivity contribution is 7.79. The van der Waals surface area contributed by atoms with E-state index >= 15 is 0 Å². The first-order valence-corrected chi connectivity index (χ1v) is 3.67. The number of methoxy groups -OCH3 is 1. The summed E-state index contributed by atoms with van der Waals surface area (Å²) in [5.74, 6) is 2.38. The Morgan fingerprint density at radius 2 is 2.20 bits per heavy atom. The van der Waals surface area contributed by atoms with Crippen molar-refractivity contribution >= 4 is 12.6 Å². The first-order valence-electron chi connectivity index (χ1n) is 3.04. The van der Waals surface area contributed by atoms with E-state index in [1.165, 1.54) is 0 Å². The zero-order valence-electron chi connectivity index (χ0n) is 5.83. The van der Waals surface area contributed by atoms with Gasteiger partial charge in [-0.3, -0.25) is 0 Å². The van der Waals surface area contributed by atoms with E-state index in [1.54, 1.807) is 7.11 Å². The molecule has 0 N–H and O–H groups in total. The highest BCUT2D eigenvalue weighted by Gasteiger charge is 1.97. The standard InChI is InChI=1S/C7H10O2S/c1-8-4-6-2-3-7(5-10)9-6/h2-3,10H,4-5H2,1H3. The minimum atomic E-state index is 0.535. The third-order valence-electron chi connectivity index (χ3n) is 1.16. The van der Waals surface area contributed by atoms with Crippen LogP contribution in [0.4, 0.5) is 0 Å². The Labute approximate surface area is 65.6 Å². The van der Waals surface area contributed by atoms with Gasteiger partial charge in [0, 0.05) is 12.9 Å². The van der Waals surface area contributed by atoms with E-state index in [1.807, 2.05) is 12.1 Å². The Morgan fingerprint density at radius 1 is 1.50 bits per heavy atom. The average Bonchev–Trinajstić information content (AvgIpc) is 2.37. The Morgan fingerprint density at radius 3 is 2.70 bits per heavy atom. The van der Waals surface area contributed by atoms with Crippen LogP contribution in [0.1, 0.15) is 11.5 Å². The first kappa shape index (κ1) is 7.69. The van der Waals surface area contributed by atoms with Gasteiger partial charge in [0.15, 0.2) is 0 Å². The maximum Gasteiger partial charge on any atom is 0.129 e. The summed E-state index contributed by atoms with van der Waals surface area (Å²) in [5, 5.41) is 0. The van der Waals surface area contributed by atoms with Gasteiger partial charge in [-0.05, 0) is 12.1 Å². The van der Waals surface area contributed by atoms with Gasteiger partial charge in [0.05, 0.1) is 0 Å². The molecule has 1 aromatic rings. The zero-order chi connectivity index (χ0) is 7.40. The SMILES string of the molecule is COCc1ccc(CS)o1. The largest absolute Gasteiger partial charge is 0.463 e. The molecular weight excluding hydrogens is 148 g/mol. The Hall–Kier alpha value is -0.410. The van der Waals surface area contributed by atoms with Crippen molar-refractivity contribution in [2.24, 2.45) is 0 Å². The molecule has 0 aromatic carbocycles. The van der Waals surface area contributed by atoms with Crippen molar-refractivity contribution in [1.82, 2.24) is 0 Å². The number of thiol groups is 1. The number of hydrogen-bond donors (Lipinski definition) is 1. The van der Waals surface area contributed by atoms with Crippen LogP contribution < -0.4 is 0 Å². The molecule has 0 aliphatic rings. The quantitative estimate of drug-likeness (QED) is 0.678.